The molecule has 1 nitrogen and oxygen atoms in total. The largest absolute Gasteiger partial charge is 0.308 e. The minimum absolute atomic E-state index is 0.430. The van der Waals surface area contributed by atoms with E-state index in [9.17, 15) is 0 Å². The van der Waals surface area contributed by atoms with Gasteiger partial charge in [0, 0.05) is 12.1 Å². The van der Waals surface area contributed by atoms with Crippen LogP contribution in [0, 0.1) is 11.3 Å². The van der Waals surface area contributed by atoms with Crippen LogP contribution >= 0.6 is 0 Å². The normalized spacial score (nSPS) is 29.9. The van der Waals surface area contributed by atoms with E-state index in [-0.39, 0.29) is 0 Å². The number of hydrogen-bond acceptors (Lipinski definition) is 1. The Labute approximate surface area is 95.3 Å². The summed E-state index contributed by atoms with van der Waals surface area (Å²) in [5, 5.41) is 3.71. The Morgan fingerprint density at radius 3 is 2.40 bits per heavy atom. The molecule has 0 heterocycles. The van der Waals surface area contributed by atoms with Crippen LogP contribution in [0.1, 0.15) is 53.4 Å². The molecule has 0 bridgehead atoms. The van der Waals surface area contributed by atoms with Crippen LogP contribution in [0.25, 0.3) is 0 Å². The SMILES string of the molecule is C=CC(C)NC1CCCCC1C(C)(C)C. The summed E-state index contributed by atoms with van der Waals surface area (Å²) in [4.78, 5) is 0. The standard InChI is InChI=1S/C14H27N/c1-6-11(2)15-13-10-8-7-9-12(13)14(3,4)5/h6,11-13,15H,1,7-10H2,2-5H3. The molecule has 1 aliphatic carbocycles. The zero-order valence-corrected chi connectivity index (χ0v) is 10.8. The lowest BCUT2D eigenvalue weighted by atomic mass is 9.69. The fourth-order valence-corrected chi connectivity index (χ4v) is 2.77. The van der Waals surface area contributed by atoms with Gasteiger partial charge >= 0.3 is 0 Å². The first-order chi connectivity index (χ1) is 6.95. The van der Waals surface area contributed by atoms with Crippen molar-refractivity contribution in [3.63, 3.8) is 0 Å². The maximum atomic E-state index is 3.85. The second kappa shape index (κ2) is 5.16. The molecule has 0 radical (unpaired) electrons. The number of nitrogens with one attached hydrogen (secondary N) is 1. The number of rotatable bonds is 3. The molecule has 0 spiro atoms. The smallest absolute Gasteiger partial charge is 0.0221 e. The van der Waals surface area contributed by atoms with Crippen molar-refractivity contribution in [1.29, 1.82) is 0 Å². The summed E-state index contributed by atoms with van der Waals surface area (Å²) in [6.07, 6.45) is 7.51. The lowest BCUT2D eigenvalue weighted by molar-refractivity contribution is 0.128. The molecule has 0 aromatic carbocycles. The predicted octanol–water partition coefficient (Wildman–Crippen LogP) is 3.76. The van der Waals surface area contributed by atoms with Crippen molar-refractivity contribution in [3.8, 4) is 0 Å². The summed E-state index contributed by atoms with van der Waals surface area (Å²) in [5.74, 6) is 0.814. The Morgan fingerprint density at radius 2 is 1.87 bits per heavy atom. The predicted molar refractivity (Wildman–Crippen MR) is 68.0 cm³/mol. The van der Waals surface area contributed by atoms with Crippen molar-refractivity contribution in [2.24, 2.45) is 11.3 Å². The lowest BCUT2D eigenvalue weighted by Gasteiger charge is -2.41. The summed E-state index contributed by atoms with van der Waals surface area (Å²) < 4.78 is 0. The van der Waals surface area contributed by atoms with Crippen LogP contribution in [0.2, 0.25) is 0 Å². The molecule has 1 fully saturated rings. The monoisotopic (exact) mass is 209 g/mol. The number of hydrogen-bond donors (Lipinski definition) is 1. The molecule has 0 aliphatic heterocycles. The molecular formula is C14H27N. The first-order valence-corrected chi connectivity index (χ1v) is 6.33. The van der Waals surface area contributed by atoms with E-state index in [0.29, 0.717) is 17.5 Å². The highest BCUT2D eigenvalue weighted by molar-refractivity contribution is 4.92. The van der Waals surface area contributed by atoms with Gasteiger partial charge in [0.25, 0.3) is 0 Å². The van der Waals surface area contributed by atoms with Gasteiger partial charge in [-0.15, -0.1) is 6.58 Å². The van der Waals surface area contributed by atoms with Crippen LogP contribution in [0.4, 0.5) is 0 Å². The molecule has 15 heavy (non-hydrogen) atoms. The second-order valence-corrected chi connectivity index (χ2v) is 6.05. The van der Waals surface area contributed by atoms with Gasteiger partial charge in [0.05, 0.1) is 0 Å². The summed E-state index contributed by atoms with van der Waals surface area (Å²) >= 11 is 0. The highest BCUT2D eigenvalue weighted by Crippen LogP contribution is 2.38. The highest BCUT2D eigenvalue weighted by Gasteiger charge is 2.34. The van der Waals surface area contributed by atoms with E-state index in [1.807, 2.05) is 6.08 Å². The van der Waals surface area contributed by atoms with Crippen LogP contribution in [0.5, 0.6) is 0 Å². The van der Waals surface area contributed by atoms with Crippen LogP contribution in [-0.4, -0.2) is 12.1 Å². The van der Waals surface area contributed by atoms with Gasteiger partial charge in [0.2, 0.25) is 0 Å². The molecule has 3 atom stereocenters. The molecule has 0 amide bonds. The Hall–Kier alpha value is -0.300. The van der Waals surface area contributed by atoms with Crippen molar-refractivity contribution >= 4 is 0 Å². The average Bonchev–Trinajstić information content (AvgIpc) is 2.17. The fourth-order valence-electron chi connectivity index (χ4n) is 2.77. The van der Waals surface area contributed by atoms with Crippen molar-refractivity contribution in [3.05, 3.63) is 12.7 Å². The highest BCUT2D eigenvalue weighted by atomic mass is 15.0. The Morgan fingerprint density at radius 1 is 1.27 bits per heavy atom. The van der Waals surface area contributed by atoms with Crippen molar-refractivity contribution in [1.82, 2.24) is 5.32 Å². The van der Waals surface area contributed by atoms with Gasteiger partial charge in [-0.1, -0.05) is 39.7 Å². The van der Waals surface area contributed by atoms with E-state index >= 15 is 0 Å². The first kappa shape index (κ1) is 12.8. The summed E-state index contributed by atoms with van der Waals surface area (Å²) in [6, 6.07) is 1.13. The molecule has 88 valence electrons. The van der Waals surface area contributed by atoms with E-state index < -0.39 is 0 Å². The van der Waals surface area contributed by atoms with Gasteiger partial charge in [-0.05, 0) is 31.1 Å². The van der Waals surface area contributed by atoms with Crippen molar-refractivity contribution in [2.45, 2.75) is 65.5 Å². The zero-order valence-electron chi connectivity index (χ0n) is 10.8. The minimum Gasteiger partial charge on any atom is -0.308 e. The van der Waals surface area contributed by atoms with Crippen molar-refractivity contribution in [2.75, 3.05) is 0 Å². The average molecular weight is 209 g/mol. The third-order valence-electron chi connectivity index (χ3n) is 3.71. The third kappa shape index (κ3) is 3.64. The van der Waals surface area contributed by atoms with Crippen LogP contribution in [0.15, 0.2) is 12.7 Å². The third-order valence-corrected chi connectivity index (χ3v) is 3.71. The Balaban J connectivity index is 2.61. The molecule has 1 heteroatoms. The zero-order chi connectivity index (χ0) is 11.5. The van der Waals surface area contributed by atoms with Crippen LogP contribution in [0.3, 0.4) is 0 Å². The van der Waals surface area contributed by atoms with Gasteiger partial charge in [-0.25, -0.2) is 0 Å². The van der Waals surface area contributed by atoms with Gasteiger partial charge < -0.3 is 5.32 Å². The molecule has 1 rings (SSSR count). The van der Waals surface area contributed by atoms with Crippen LogP contribution < -0.4 is 5.32 Å². The maximum absolute atomic E-state index is 3.85. The quantitative estimate of drug-likeness (QED) is 0.698. The van der Waals surface area contributed by atoms with E-state index in [4.69, 9.17) is 0 Å². The maximum Gasteiger partial charge on any atom is 0.0221 e. The van der Waals surface area contributed by atoms with Crippen molar-refractivity contribution < 1.29 is 0 Å². The van der Waals surface area contributed by atoms with E-state index in [2.05, 4.69) is 39.6 Å². The molecule has 0 aromatic rings. The van der Waals surface area contributed by atoms with E-state index in [1.165, 1.54) is 25.7 Å². The Kier molecular flexibility index (Phi) is 4.39. The van der Waals surface area contributed by atoms with Gasteiger partial charge in [0.15, 0.2) is 0 Å². The molecule has 0 saturated heterocycles. The van der Waals surface area contributed by atoms with E-state index in [0.717, 1.165) is 5.92 Å². The van der Waals surface area contributed by atoms with E-state index in [1.54, 1.807) is 0 Å². The summed E-state index contributed by atoms with van der Waals surface area (Å²) in [7, 11) is 0. The molecule has 0 aromatic heterocycles. The topological polar surface area (TPSA) is 12.0 Å². The summed E-state index contributed by atoms with van der Waals surface area (Å²) in [5.41, 5.74) is 0.430. The summed E-state index contributed by atoms with van der Waals surface area (Å²) in [6.45, 7) is 13.2. The molecule has 1 aliphatic rings. The Bertz CT molecular complexity index is 202. The van der Waals surface area contributed by atoms with Gasteiger partial charge in [0.1, 0.15) is 0 Å². The molecule has 3 unspecified atom stereocenters. The van der Waals surface area contributed by atoms with Gasteiger partial charge in [-0.3, -0.25) is 0 Å². The molecule has 1 N–H and O–H groups in total. The minimum atomic E-state index is 0.430. The lowest BCUT2D eigenvalue weighted by Crippen LogP contribution is -2.47. The fraction of sp³-hybridized carbons (Fsp3) is 0.857. The molecular weight excluding hydrogens is 182 g/mol. The second-order valence-electron chi connectivity index (χ2n) is 6.05. The first-order valence-electron chi connectivity index (χ1n) is 6.33. The van der Waals surface area contributed by atoms with Crippen LogP contribution in [-0.2, 0) is 0 Å². The van der Waals surface area contributed by atoms with Gasteiger partial charge in [-0.2, -0.15) is 0 Å². The molecule has 1 saturated carbocycles.